The van der Waals surface area contributed by atoms with Crippen LogP contribution in [0.5, 0.6) is 5.75 Å². The predicted molar refractivity (Wildman–Crippen MR) is 88.2 cm³/mol. The van der Waals surface area contributed by atoms with E-state index >= 15 is 0 Å². The molecule has 0 fully saturated rings. The first-order valence-corrected chi connectivity index (χ1v) is 7.15. The fourth-order valence-corrected chi connectivity index (χ4v) is 2.33. The van der Waals surface area contributed by atoms with Gasteiger partial charge < -0.3 is 14.9 Å². The molecule has 3 aromatic rings. The quantitative estimate of drug-likeness (QED) is 0.747. The van der Waals surface area contributed by atoms with Gasteiger partial charge in [-0.2, -0.15) is 0 Å². The van der Waals surface area contributed by atoms with E-state index in [1.54, 1.807) is 18.2 Å². The zero-order valence-corrected chi connectivity index (χ0v) is 12.6. The number of benzene rings is 2. The van der Waals surface area contributed by atoms with Gasteiger partial charge in [-0.05, 0) is 43.7 Å². The molecule has 1 aromatic heterocycles. The highest BCUT2D eigenvalue weighted by molar-refractivity contribution is 5.80. The van der Waals surface area contributed by atoms with E-state index in [4.69, 9.17) is 14.9 Å². The third-order valence-corrected chi connectivity index (χ3v) is 3.57. The van der Waals surface area contributed by atoms with Gasteiger partial charge in [0.25, 0.3) is 0 Å². The summed E-state index contributed by atoms with van der Waals surface area (Å²) in [6.45, 7) is 4.39. The summed E-state index contributed by atoms with van der Waals surface area (Å²) in [5.74, 6) is 1.17. The Morgan fingerprint density at radius 3 is 2.68 bits per heavy atom. The average molecular weight is 295 g/mol. The van der Waals surface area contributed by atoms with E-state index in [0.29, 0.717) is 34.8 Å². The summed E-state index contributed by atoms with van der Waals surface area (Å²) >= 11 is 0. The SMILES string of the molecule is CCOc1ccc2oc(-c3ccc(C)c(N)c3)cc(=O)c2c1. The van der Waals surface area contributed by atoms with Gasteiger partial charge in [-0.3, -0.25) is 4.79 Å². The molecule has 0 aliphatic rings. The summed E-state index contributed by atoms with van der Waals surface area (Å²) in [7, 11) is 0. The first-order valence-electron chi connectivity index (χ1n) is 7.15. The highest BCUT2D eigenvalue weighted by Gasteiger charge is 2.09. The van der Waals surface area contributed by atoms with Crippen molar-refractivity contribution in [1.82, 2.24) is 0 Å². The highest BCUT2D eigenvalue weighted by atomic mass is 16.5. The Bertz CT molecular complexity index is 896. The van der Waals surface area contributed by atoms with Crippen LogP contribution in [-0.4, -0.2) is 6.61 Å². The maximum Gasteiger partial charge on any atom is 0.193 e. The van der Waals surface area contributed by atoms with Crippen LogP contribution in [0.25, 0.3) is 22.3 Å². The van der Waals surface area contributed by atoms with Crippen LogP contribution >= 0.6 is 0 Å². The molecule has 0 bridgehead atoms. The molecule has 0 saturated heterocycles. The van der Waals surface area contributed by atoms with Gasteiger partial charge in [0.1, 0.15) is 17.1 Å². The molecule has 0 atom stereocenters. The second-order valence-electron chi connectivity index (χ2n) is 5.14. The lowest BCUT2D eigenvalue weighted by molar-refractivity contribution is 0.340. The van der Waals surface area contributed by atoms with Crippen molar-refractivity contribution in [2.75, 3.05) is 12.3 Å². The fourth-order valence-electron chi connectivity index (χ4n) is 2.33. The maximum absolute atomic E-state index is 12.3. The van der Waals surface area contributed by atoms with Gasteiger partial charge in [0, 0.05) is 17.3 Å². The fraction of sp³-hybridized carbons (Fsp3) is 0.167. The summed E-state index contributed by atoms with van der Waals surface area (Å²) < 4.78 is 11.3. The Morgan fingerprint density at radius 2 is 1.95 bits per heavy atom. The van der Waals surface area contributed by atoms with Crippen LogP contribution in [0, 0.1) is 6.92 Å². The maximum atomic E-state index is 12.3. The minimum Gasteiger partial charge on any atom is -0.494 e. The van der Waals surface area contributed by atoms with Gasteiger partial charge >= 0.3 is 0 Å². The van der Waals surface area contributed by atoms with Crippen molar-refractivity contribution < 1.29 is 9.15 Å². The molecular weight excluding hydrogens is 278 g/mol. The lowest BCUT2D eigenvalue weighted by Gasteiger charge is -2.07. The molecule has 0 aliphatic carbocycles. The van der Waals surface area contributed by atoms with Crippen molar-refractivity contribution in [2.45, 2.75) is 13.8 Å². The van der Waals surface area contributed by atoms with E-state index in [2.05, 4.69) is 0 Å². The molecule has 0 aliphatic heterocycles. The van der Waals surface area contributed by atoms with Crippen molar-refractivity contribution >= 4 is 16.7 Å². The van der Waals surface area contributed by atoms with E-state index < -0.39 is 0 Å². The lowest BCUT2D eigenvalue weighted by atomic mass is 10.1. The number of hydrogen-bond donors (Lipinski definition) is 1. The van der Waals surface area contributed by atoms with E-state index in [0.717, 1.165) is 11.1 Å². The number of nitrogens with two attached hydrogens (primary N) is 1. The zero-order chi connectivity index (χ0) is 15.7. The number of anilines is 1. The van der Waals surface area contributed by atoms with Gasteiger partial charge in [0.05, 0.1) is 12.0 Å². The van der Waals surface area contributed by atoms with Crippen molar-refractivity contribution in [3.63, 3.8) is 0 Å². The van der Waals surface area contributed by atoms with Crippen LogP contribution < -0.4 is 15.9 Å². The van der Waals surface area contributed by atoms with Crippen LogP contribution in [0.1, 0.15) is 12.5 Å². The minimum atomic E-state index is -0.100. The molecule has 22 heavy (non-hydrogen) atoms. The minimum absolute atomic E-state index is 0.100. The molecular formula is C18H17NO3. The number of aryl methyl sites for hydroxylation is 1. The number of nitrogen functional groups attached to an aromatic ring is 1. The summed E-state index contributed by atoms with van der Waals surface area (Å²) in [6, 6.07) is 12.4. The Balaban J connectivity index is 2.14. The van der Waals surface area contributed by atoms with Crippen molar-refractivity contribution in [1.29, 1.82) is 0 Å². The number of hydrogen-bond acceptors (Lipinski definition) is 4. The molecule has 2 aromatic carbocycles. The molecule has 0 radical (unpaired) electrons. The van der Waals surface area contributed by atoms with Crippen LogP contribution in [0.15, 0.2) is 51.7 Å². The molecule has 2 N–H and O–H groups in total. The second kappa shape index (κ2) is 5.56. The van der Waals surface area contributed by atoms with Crippen molar-refractivity contribution in [3.05, 3.63) is 58.3 Å². The smallest absolute Gasteiger partial charge is 0.193 e. The third-order valence-electron chi connectivity index (χ3n) is 3.57. The van der Waals surface area contributed by atoms with Crippen molar-refractivity contribution in [3.8, 4) is 17.1 Å². The molecule has 0 amide bonds. The molecule has 4 heteroatoms. The lowest BCUT2D eigenvalue weighted by Crippen LogP contribution is -2.01. The summed E-state index contributed by atoms with van der Waals surface area (Å²) in [5, 5.41) is 0.509. The molecule has 3 rings (SSSR count). The summed E-state index contributed by atoms with van der Waals surface area (Å²) in [5.41, 5.74) is 8.81. The van der Waals surface area contributed by atoms with E-state index in [9.17, 15) is 4.79 Å². The second-order valence-corrected chi connectivity index (χ2v) is 5.14. The van der Waals surface area contributed by atoms with Gasteiger partial charge in [-0.15, -0.1) is 0 Å². The van der Waals surface area contributed by atoms with Gasteiger partial charge in [-0.25, -0.2) is 0 Å². The zero-order valence-electron chi connectivity index (χ0n) is 12.6. The summed E-state index contributed by atoms with van der Waals surface area (Å²) in [4.78, 5) is 12.3. The van der Waals surface area contributed by atoms with E-state index in [1.165, 1.54) is 6.07 Å². The molecule has 0 saturated carbocycles. The summed E-state index contributed by atoms with van der Waals surface area (Å²) in [6.07, 6.45) is 0. The van der Waals surface area contributed by atoms with Crippen molar-refractivity contribution in [2.24, 2.45) is 0 Å². The topological polar surface area (TPSA) is 65.5 Å². The van der Waals surface area contributed by atoms with Gasteiger partial charge in [0.15, 0.2) is 5.43 Å². The molecule has 4 nitrogen and oxygen atoms in total. The largest absolute Gasteiger partial charge is 0.494 e. The first-order chi connectivity index (χ1) is 10.6. The van der Waals surface area contributed by atoms with Crippen LogP contribution in [-0.2, 0) is 0 Å². The van der Waals surface area contributed by atoms with Gasteiger partial charge in [0.2, 0.25) is 0 Å². The first kappa shape index (κ1) is 14.2. The molecule has 0 unspecified atom stereocenters. The Labute approximate surface area is 128 Å². The molecule has 112 valence electrons. The van der Waals surface area contributed by atoms with Crippen LogP contribution in [0.3, 0.4) is 0 Å². The third kappa shape index (κ3) is 2.55. The van der Waals surface area contributed by atoms with E-state index in [-0.39, 0.29) is 5.43 Å². The highest BCUT2D eigenvalue weighted by Crippen LogP contribution is 2.26. The normalized spacial score (nSPS) is 10.8. The number of ether oxygens (including phenoxy) is 1. The van der Waals surface area contributed by atoms with Crippen LogP contribution in [0.4, 0.5) is 5.69 Å². The Kier molecular flexibility index (Phi) is 3.59. The van der Waals surface area contributed by atoms with Crippen LogP contribution in [0.2, 0.25) is 0 Å². The predicted octanol–water partition coefficient (Wildman–Crippen LogP) is 3.75. The van der Waals surface area contributed by atoms with E-state index in [1.807, 2.05) is 32.0 Å². The monoisotopic (exact) mass is 295 g/mol. The molecule has 1 heterocycles. The van der Waals surface area contributed by atoms with Gasteiger partial charge in [-0.1, -0.05) is 12.1 Å². The average Bonchev–Trinajstić information content (AvgIpc) is 2.51. The number of fused-ring (bicyclic) bond motifs is 1. The standard InChI is InChI=1S/C18H17NO3/c1-3-21-13-6-7-17-14(9-13)16(20)10-18(22-17)12-5-4-11(2)15(19)8-12/h4-10H,3,19H2,1-2H3. The number of rotatable bonds is 3. The molecule has 0 spiro atoms. The Hall–Kier alpha value is -2.75. The Morgan fingerprint density at radius 1 is 1.14 bits per heavy atom.